The molecule has 6 nitrogen and oxygen atoms in total. The van der Waals surface area contributed by atoms with Crippen LogP contribution in [-0.2, 0) is 4.74 Å². The fourth-order valence-electron chi connectivity index (χ4n) is 1.82. The van der Waals surface area contributed by atoms with Gasteiger partial charge in [0.25, 0.3) is 0 Å². The Morgan fingerprint density at radius 3 is 2.33 bits per heavy atom. The molecule has 0 fully saturated rings. The topological polar surface area (TPSA) is 72.0 Å². The van der Waals surface area contributed by atoms with E-state index in [1.165, 1.54) is 7.11 Å². The molecule has 124 valence electrons. The summed E-state index contributed by atoms with van der Waals surface area (Å²) in [5, 5.41) is 7.36. The Hall–Kier alpha value is -2.93. The first-order valence-corrected chi connectivity index (χ1v) is 7.45. The largest absolute Gasteiger partial charge is 0.497 e. The van der Waals surface area contributed by atoms with Crippen molar-refractivity contribution in [2.75, 3.05) is 19.5 Å². The van der Waals surface area contributed by atoms with E-state index in [2.05, 4.69) is 20.6 Å². The zero-order chi connectivity index (χ0) is 17.4. The Kier molecular flexibility index (Phi) is 6.27. The number of hydrogen-bond donors (Lipinski definition) is 2. The van der Waals surface area contributed by atoms with Gasteiger partial charge in [0.2, 0.25) is 0 Å². The number of rotatable bonds is 5. The second kappa shape index (κ2) is 8.64. The Morgan fingerprint density at radius 1 is 1.08 bits per heavy atom. The van der Waals surface area contributed by atoms with Gasteiger partial charge in [0, 0.05) is 5.69 Å². The average molecular weight is 343 g/mol. The van der Waals surface area contributed by atoms with Crippen LogP contribution in [0.3, 0.4) is 0 Å². The molecule has 0 heterocycles. The van der Waals surface area contributed by atoms with Crippen molar-refractivity contribution in [3.63, 3.8) is 0 Å². The highest BCUT2D eigenvalue weighted by Gasteiger charge is 2.04. The molecule has 24 heavy (non-hydrogen) atoms. The normalized spacial score (nSPS) is 10.2. The Morgan fingerprint density at radius 2 is 1.75 bits per heavy atom. The van der Waals surface area contributed by atoms with Crippen LogP contribution in [-0.4, -0.2) is 31.5 Å². The maximum absolute atomic E-state index is 11.4. The van der Waals surface area contributed by atoms with E-state index in [-0.39, 0.29) is 5.97 Å². The fraction of sp³-hybridized carbons (Fsp3) is 0.118. The fourth-order valence-corrected chi connectivity index (χ4v) is 1.99. The molecule has 0 saturated heterocycles. The number of thiocarbonyl (C=S) groups is 1. The first-order valence-electron chi connectivity index (χ1n) is 7.05. The van der Waals surface area contributed by atoms with Crippen molar-refractivity contribution < 1.29 is 14.3 Å². The Balaban J connectivity index is 1.86. The van der Waals surface area contributed by atoms with Gasteiger partial charge in [-0.3, -0.25) is 5.43 Å². The summed E-state index contributed by atoms with van der Waals surface area (Å²) in [7, 11) is 2.96. The van der Waals surface area contributed by atoms with Crippen LogP contribution in [0.15, 0.2) is 53.6 Å². The first kappa shape index (κ1) is 17.4. The standard InChI is InChI=1S/C17H17N3O3S/c1-22-15-9-3-12(4-10-15)11-18-20-17(24)19-14-7-5-13(6-8-14)16(21)23-2/h3-11H,1-2H3,(H2,19,20,24). The number of esters is 1. The molecule has 0 aliphatic rings. The number of ether oxygens (including phenoxy) is 2. The van der Waals surface area contributed by atoms with Gasteiger partial charge in [0.1, 0.15) is 5.75 Å². The van der Waals surface area contributed by atoms with Gasteiger partial charge < -0.3 is 14.8 Å². The van der Waals surface area contributed by atoms with E-state index in [1.54, 1.807) is 37.6 Å². The third-order valence-corrected chi connectivity index (χ3v) is 3.25. The summed E-state index contributed by atoms with van der Waals surface area (Å²) in [5.41, 5.74) is 4.84. The van der Waals surface area contributed by atoms with Crippen LogP contribution in [0.2, 0.25) is 0 Å². The van der Waals surface area contributed by atoms with Crippen LogP contribution in [0.5, 0.6) is 5.75 Å². The van der Waals surface area contributed by atoms with Crippen molar-refractivity contribution >= 4 is 35.2 Å². The monoisotopic (exact) mass is 343 g/mol. The van der Waals surface area contributed by atoms with E-state index in [0.717, 1.165) is 17.0 Å². The maximum Gasteiger partial charge on any atom is 0.337 e. The zero-order valence-corrected chi connectivity index (χ0v) is 14.1. The van der Waals surface area contributed by atoms with Crippen molar-refractivity contribution in [1.82, 2.24) is 5.43 Å². The van der Waals surface area contributed by atoms with Crippen LogP contribution in [0.4, 0.5) is 5.69 Å². The summed E-state index contributed by atoms with van der Waals surface area (Å²) in [5.74, 6) is 0.402. The molecule has 2 N–H and O–H groups in total. The highest BCUT2D eigenvalue weighted by Crippen LogP contribution is 2.11. The van der Waals surface area contributed by atoms with Crippen LogP contribution in [0.25, 0.3) is 0 Å². The predicted octanol–water partition coefficient (Wildman–Crippen LogP) is 2.80. The summed E-state index contributed by atoms with van der Waals surface area (Å²) < 4.78 is 9.73. The van der Waals surface area contributed by atoms with Gasteiger partial charge in [-0.25, -0.2) is 4.79 Å². The Bertz CT molecular complexity index is 728. The van der Waals surface area contributed by atoms with Crippen molar-refractivity contribution in [3.05, 3.63) is 59.7 Å². The first-order chi connectivity index (χ1) is 11.6. The van der Waals surface area contributed by atoms with Crippen LogP contribution >= 0.6 is 12.2 Å². The smallest absolute Gasteiger partial charge is 0.337 e. The third-order valence-electron chi connectivity index (χ3n) is 3.06. The molecule has 2 aromatic rings. The van der Waals surface area contributed by atoms with E-state index in [1.807, 2.05) is 24.3 Å². The molecule has 2 rings (SSSR count). The second-order valence-electron chi connectivity index (χ2n) is 4.67. The highest BCUT2D eigenvalue weighted by atomic mass is 32.1. The zero-order valence-electron chi connectivity index (χ0n) is 13.3. The van der Waals surface area contributed by atoms with Crippen molar-refractivity contribution in [2.45, 2.75) is 0 Å². The molecule has 2 aromatic carbocycles. The predicted molar refractivity (Wildman–Crippen MR) is 97.7 cm³/mol. The molecule has 0 aliphatic carbocycles. The lowest BCUT2D eigenvalue weighted by molar-refractivity contribution is 0.0601. The van der Waals surface area contributed by atoms with Gasteiger partial charge in [-0.1, -0.05) is 0 Å². The van der Waals surface area contributed by atoms with Crippen LogP contribution in [0.1, 0.15) is 15.9 Å². The number of hydrazone groups is 1. The minimum absolute atomic E-state index is 0.338. The van der Waals surface area contributed by atoms with Crippen molar-refractivity contribution in [2.24, 2.45) is 5.10 Å². The SMILES string of the molecule is COC(=O)c1ccc(NC(=S)NN=Cc2ccc(OC)cc2)cc1. The van der Waals surface area contributed by atoms with Crippen molar-refractivity contribution in [1.29, 1.82) is 0 Å². The maximum atomic E-state index is 11.4. The highest BCUT2D eigenvalue weighted by molar-refractivity contribution is 7.80. The van der Waals surface area contributed by atoms with Gasteiger partial charge in [-0.15, -0.1) is 0 Å². The summed E-state index contributed by atoms with van der Waals surface area (Å²) in [6, 6.07) is 14.2. The lowest BCUT2D eigenvalue weighted by atomic mass is 10.2. The number of nitrogens with zero attached hydrogens (tertiary/aromatic N) is 1. The quantitative estimate of drug-likeness (QED) is 0.376. The van der Waals surface area contributed by atoms with Crippen LogP contribution in [0, 0.1) is 0 Å². The second-order valence-corrected chi connectivity index (χ2v) is 5.07. The summed E-state index contributed by atoms with van der Waals surface area (Å²) in [4.78, 5) is 11.4. The molecule has 0 saturated carbocycles. The van der Waals surface area contributed by atoms with Gasteiger partial charge in [0.05, 0.1) is 26.0 Å². The molecule has 0 aliphatic heterocycles. The number of benzene rings is 2. The van der Waals surface area contributed by atoms with E-state index in [9.17, 15) is 4.79 Å². The number of hydrogen-bond acceptors (Lipinski definition) is 5. The minimum atomic E-state index is -0.383. The van der Waals surface area contributed by atoms with E-state index < -0.39 is 0 Å². The molecule has 0 unspecified atom stereocenters. The van der Waals surface area contributed by atoms with E-state index >= 15 is 0 Å². The molecular formula is C17H17N3O3S. The lowest BCUT2D eigenvalue weighted by Crippen LogP contribution is -2.23. The van der Waals surface area contributed by atoms with E-state index in [0.29, 0.717) is 10.7 Å². The number of methoxy groups -OCH3 is 2. The molecule has 0 aromatic heterocycles. The van der Waals surface area contributed by atoms with Crippen molar-refractivity contribution in [3.8, 4) is 5.75 Å². The van der Waals surface area contributed by atoms with Crippen LogP contribution < -0.4 is 15.5 Å². The van der Waals surface area contributed by atoms with E-state index in [4.69, 9.17) is 17.0 Å². The number of carbonyl (C=O) groups excluding carboxylic acids is 1. The van der Waals surface area contributed by atoms with Gasteiger partial charge in [-0.05, 0) is 66.3 Å². The lowest BCUT2D eigenvalue weighted by Gasteiger charge is -2.07. The molecule has 0 radical (unpaired) electrons. The third kappa shape index (κ3) is 5.06. The number of anilines is 1. The van der Waals surface area contributed by atoms with Gasteiger partial charge >= 0.3 is 5.97 Å². The number of carbonyl (C=O) groups is 1. The summed E-state index contributed by atoms with van der Waals surface area (Å²) in [6.45, 7) is 0. The molecule has 7 heteroatoms. The molecule has 0 atom stereocenters. The molecule has 0 bridgehead atoms. The average Bonchev–Trinajstić information content (AvgIpc) is 2.62. The minimum Gasteiger partial charge on any atom is -0.497 e. The summed E-state index contributed by atoms with van der Waals surface area (Å²) >= 11 is 5.15. The molecular weight excluding hydrogens is 326 g/mol. The van der Waals surface area contributed by atoms with Gasteiger partial charge in [0.15, 0.2) is 5.11 Å². The molecule has 0 spiro atoms. The Labute approximate surface area is 145 Å². The summed E-state index contributed by atoms with van der Waals surface area (Å²) in [6.07, 6.45) is 1.65. The number of nitrogens with one attached hydrogen (secondary N) is 2. The molecule has 0 amide bonds. The van der Waals surface area contributed by atoms with Gasteiger partial charge in [-0.2, -0.15) is 5.10 Å².